The van der Waals surface area contributed by atoms with E-state index in [4.69, 9.17) is 4.52 Å². The second-order valence-corrected chi connectivity index (χ2v) is 4.59. The van der Waals surface area contributed by atoms with Crippen LogP contribution in [0.1, 0.15) is 27.4 Å². The van der Waals surface area contributed by atoms with Crippen LogP contribution in [0.3, 0.4) is 0 Å². The summed E-state index contributed by atoms with van der Waals surface area (Å²) in [6.07, 6.45) is 3.35. The third-order valence-corrected chi connectivity index (χ3v) is 3.30. The summed E-state index contributed by atoms with van der Waals surface area (Å²) in [7, 11) is 0. The molecule has 0 aromatic carbocycles. The fourth-order valence-electron chi connectivity index (χ4n) is 2.16. The lowest BCUT2D eigenvalue weighted by Crippen LogP contribution is -2.23. The summed E-state index contributed by atoms with van der Waals surface area (Å²) in [4.78, 5) is 19.4. The second-order valence-electron chi connectivity index (χ2n) is 4.59. The average Bonchev–Trinajstić information content (AvgIpc) is 3.01. The number of hydrogen-bond acceptors (Lipinski definition) is 4. The van der Waals surface area contributed by atoms with E-state index in [1.54, 1.807) is 18.5 Å². The number of aryl methyl sites for hydroxylation is 2. The van der Waals surface area contributed by atoms with Crippen molar-refractivity contribution < 1.29 is 9.32 Å². The van der Waals surface area contributed by atoms with Crippen LogP contribution in [-0.4, -0.2) is 21.0 Å². The van der Waals surface area contributed by atoms with Gasteiger partial charge in [-0.3, -0.25) is 4.79 Å². The molecule has 3 aromatic heterocycles. The molecule has 0 fully saturated rings. The summed E-state index contributed by atoms with van der Waals surface area (Å²) in [5.41, 5.74) is 2.99. The largest absolute Gasteiger partial charge is 0.361 e. The SMILES string of the molecule is Cc1noc(C)c1CNC(=O)c1c[nH]c2ncccc12. The molecule has 0 saturated heterocycles. The van der Waals surface area contributed by atoms with E-state index in [-0.39, 0.29) is 5.91 Å². The first kappa shape index (κ1) is 12.4. The van der Waals surface area contributed by atoms with Crippen molar-refractivity contribution in [2.45, 2.75) is 20.4 Å². The normalized spacial score (nSPS) is 10.9. The highest BCUT2D eigenvalue weighted by atomic mass is 16.5. The van der Waals surface area contributed by atoms with Crippen molar-refractivity contribution in [3.63, 3.8) is 0 Å². The summed E-state index contributed by atoms with van der Waals surface area (Å²) in [5, 5.41) is 7.55. The molecule has 2 N–H and O–H groups in total. The molecule has 6 heteroatoms. The number of aromatic amines is 1. The highest BCUT2D eigenvalue weighted by Gasteiger charge is 2.14. The zero-order chi connectivity index (χ0) is 14.1. The Bertz CT molecular complexity index is 753. The molecule has 0 spiro atoms. The molecule has 0 unspecified atom stereocenters. The van der Waals surface area contributed by atoms with Gasteiger partial charge in [-0.1, -0.05) is 5.16 Å². The third-order valence-electron chi connectivity index (χ3n) is 3.30. The Hall–Kier alpha value is -2.63. The molecule has 6 nitrogen and oxygen atoms in total. The molecule has 0 atom stereocenters. The van der Waals surface area contributed by atoms with Gasteiger partial charge in [-0.05, 0) is 26.0 Å². The number of carbonyl (C=O) groups is 1. The van der Waals surface area contributed by atoms with Gasteiger partial charge in [0, 0.05) is 29.9 Å². The number of hydrogen-bond donors (Lipinski definition) is 2. The van der Waals surface area contributed by atoms with Crippen molar-refractivity contribution in [3.05, 3.63) is 47.1 Å². The Balaban J connectivity index is 1.80. The number of amides is 1. The van der Waals surface area contributed by atoms with Crippen LogP contribution in [0.15, 0.2) is 29.0 Å². The molecule has 0 radical (unpaired) electrons. The van der Waals surface area contributed by atoms with E-state index in [1.807, 2.05) is 19.9 Å². The molecular weight excluding hydrogens is 256 g/mol. The number of aromatic nitrogens is 3. The van der Waals surface area contributed by atoms with Crippen LogP contribution in [0.5, 0.6) is 0 Å². The van der Waals surface area contributed by atoms with Crippen molar-refractivity contribution in [1.29, 1.82) is 0 Å². The minimum Gasteiger partial charge on any atom is -0.361 e. The van der Waals surface area contributed by atoms with E-state index in [1.165, 1.54) is 0 Å². The Morgan fingerprint density at radius 3 is 3.05 bits per heavy atom. The monoisotopic (exact) mass is 270 g/mol. The van der Waals surface area contributed by atoms with Gasteiger partial charge in [0.25, 0.3) is 5.91 Å². The molecule has 0 bridgehead atoms. The first-order valence-electron chi connectivity index (χ1n) is 6.29. The number of pyridine rings is 1. The highest BCUT2D eigenvalue weighted by molar-refractivity contribution is 6.05. The molecule has 0 aliphatic carbocycles. The maximum atomic E-state index is 12.2. The minimum absolute atomic E-state index is 0.149. The molecular formula is C14H14N4O2. The molecule has 3 rings (SSSR count). The number of fused-ring (bicyclic) bond motifs is 1. The molecule has 0 aliphatic heterocycles. The highest BCUT2D eigenvalue weighted by Crippen LogP contribution is 2.16. The van der Waals surface area contributed by atoms with Gasteiger partial charge in [0.05, 0.1) is 11.3 Å². The zero-order valence-electron chi connectivity index (χ0n) is 11.2. The quantitative estimate of drug-likeness (QED) is 0.763. The van der Waals surface area contributed by atoms with Gasteiger partial charge in [-0.25, -0.2) is 4.98 Å². The van der Waals surface area contributed by atoms with Gasteiger partial charge in [0.2, 0.25) is 0 Å². The molecule has 20 heavy (non-hydrogen) atoms. The van der Waals surface area contributed by atoms with Crippen LogP contribution < -0.4 is 5.32 Å². The standard InChI is InChI=1S/C14H14N4O2/c1-8-11(9(2)20-18-8)6-17-14(19)12-7-16-13-10(12)4-3-5-15-13/h3-5,7H,6H2,1-2H3,(H,15,16)(H,17,19). The van der Waals surface area contributed by atoms with Gasteiger partial charge in [-0.2, -0.15) is 0 Å². The maximum absolute atomic E-state index is 12.2. The lowest BCUT2D eigenvalue weighted by molar-refractivity contribution is 0.0952. The van der Waals surface area contributed by atoms with Gasteiger partial charge >= 0.3 is 0 Å². The van der Waals surface area contributed by atoms with Crippen LogP contribution in [0.4, 0.5) is 0 Å². The predicted octanol–water partition coefficient (Wildman–Crippen LogP) is 2.10. The lowest BCUT2D eigenvalue weighted by Gasteiger charge is -2.03. The van der Waals surface area contributed by atoms with Crippen LogP contribution in [0, 0.1) is 13.8 Å². The third kappa shape index (κ3) is 2.05. The molecule has 1 amide bonds. The smallest absolute Gasteiger partial charge is 0.253 e. The van der Waals surface area contributed by atoms with E-state index >= 15 is 0 Å². The maximum Gasteiger partial charge on any atom is 0.253 e. The topological polar surface area (TPSA) is 83.8 Å². The fraction of sp³-hybridized carbons (Fsp3) is 0.214. The first-order chi connectivity index (χ1) is 9.66. The van der Waals surface area contributed by atoms with Crippen molar-refractivity contribution in [3.8, 4) is 0 Å². The van der Waals surface area contributed by atoms with Gasteiger partial charge < -0.3 is 14.8 Å². The second kappa shape index (κ2) is 4.80. The minimum atomic E-state index is -0.149. The number of nitrogens with zero attached hydrogens (tertiary/aromatic N) is 2. The van der Waals surface area contributed by atoms with E-state index < -0.39 is 0 Å². The number of carbonyl (C=O) groups excluding carboxylic acids is 1. The lowest BCUT2D eigenvalue weighted by atomic mass is 10.2. The summed E-state index contributed by atoms with van der Waals surface area (Å²) >= 11 is 0. The van der Waals surface area contributed by atoms with Crippen LogP contribution >= 0.6 is 0 Å². The Kier molecular flexibility index (Phi) is 2.98. The van der Waals surface area contributed by atoms with Crippen molar-refractivity contribution >= 4 is 16.9 Å². The van der Waals surface area contributed by atoms with Crippen LogP contribution in [0.2, 0.25) is 0 Å². The van der Waals surface area contributed by atoms with Crippen molar-refractivity contribution in [2.24, 2.45) is 0 Å². The van der Waals surface area contributed by atoms with Crippen LogP contribution in [0.25, 0.3) is 11.0 Å². The molecule has 0 aliphatic rings. The van der Waals surface area contributed by atoms with E-state index in [2.05, 4.69) is 20.4 Å². The fourth-order valence-corrected chi connectivity index (χ4v) is 2.16. The number of nitrogens with one attached hydrogen (secondary N) is 2. The van der Waals surface area contributed by atoms with E-state index in [0.29, 0.717) is 17.8 Å². The summed E-state index contributed by atoms with van der Waals surface area (Å²) < 4.78 is 5.07. The summed E-state index contributed by atoms with van der Waals surface area (Å²) in [5.74, 6) is 0.577. The summed E-state index contributed by atoms with van der Waals surface area (Å²) in [6.45, 7) is 4.08. The van der Waals surface area contributed by atoms with E-state index in [0.717, 1.165) is 22.4 Å². The molecule has 0 saturated carbocycles. The Morgan fingerprint density at radius 1 is 1.45 bits per heavy atom. The molecule has 3 aromatic rings. The Labute approximate surface area is 115 Å². The predicted molar refractivity (Wildman–Crippen MR) is 73.2 cm³/mol. The number of rotatable bonds is 3. The zero-order valence-corrected chi connectivity index (χ0v) is 11.2. The van der Waals surface area contributed by atoms with Crippen LogP contribution in [-0.2, 0) is 6.54 Å². The van der Waals surface area contributed by atoms with E-state index in [9.17, 15) is 4.79 Å². The first-order valence-corrected chi connectivity index (χ1v) is 6.29. The van der Waals surface area contributed by atoms with Crippen molar-refractivity contribution in [1.82, 2.24) is 20.4 Å². The number of H-pyrrole nitrogens is 1. The molecule has 3 heterocycles. The molecule has 102 valence electrons. The van der Waals surface area contributed by atoms with Gasteiger partial charge in [0.1, 0.15) is 11.4 Å². The average molecular weight is 270 g/mol. The Morgan fingerprint density at radius 2 is 2.30 bits per heavy atom. The van der Waals surface area contributed by atoms with Gasteiger partial charge in [0.15, 0.2) is 0 Å². The summed E-state index contributed by atoms with van der Waals surface area (Å²) in [6, 6.07) is 3.67. The van der Waals surface area contributed by atoms with Gasteiger partial charge in [-0.15, -0.1) is 0 Å². The van der Waals surface area contributed by atoms with Crippen molar-refractivity contribution in [2.75, 3.05) is 0 Å².